The molecule has 2 amide bonds. The number of aliphatic hydroxyl groups excluding tert-OH is 1. The molecule has 1 aromatic heterocycles. The van der Waals surface area contributed by atoms with E-state index in [4.69, 9.17) is 0 Å². The summed E-state index contributed by atoms with van der Waals surface area (Å²) in [5, 5.41) is 13.4. The van der Waals surface area contributed by atoms with Crippen LogP contribution in [0.2, 0.25) is 0 Å². The first-order valence-electron chi connectivity index (χ1n) is 12.6. The Hall–Kier alpha value is -2.58. The third kappa shape index (κ3) is 6.40. The molecule has 2 N–H and O–H groups in total. The summed E-state index contributed by atoms with van der Waals surface area (Å²) in [6.07, 6.45) is -0.463. The number of hydrogen-bond acceptors (Lipinski definition) is 6. The van der Waals surface area contributed by atoms with Crippen molar-refractivity contribution in [1.29, 1.82) is 0 Å². The largest absolute Gasteiger partial charge is 0.391 e. The van der Waals surface area contributed by atoms with Gasteiger partial charge in [0.15, 0.2) is 0 Å². The average Bonchev–Trinajstić information content (AvgIpc) is 3.41. The third-order valence-corrected chi connectivity index (χ3v) is 8.01. The fraction of sp³-hybridized carbons (Fsp3) is 0.571. The van der Waals surface area contributed by atoms with Crippen molar-refractivity contribution >= 4 is 28.9 Å². The number of rotatable bonds is 8. The molecule has 7 nitrogen and oxygen atoms in total. The second kappa shape index (κ2) is 11.2. The van der Waals surface area contributed by atoms with Crippen LogP contribution in [0, 0.1) is 24.2 Å². The molecule has 8 heteroatoms. The Morgan fingerprint density at radius 3 is 2.33 bits per heavy atom. The highest BCUT2D eigenvalue weighted by atomic mass is 32.1. The monoisotopic (exact) mass is 513 g/mol. The van der Waals surface area contributed by atoms with Crippen molar-refractivity contribution in [1.82, 2.24) is 15.2 Å². The van der Waals surface area contributed by atoms with Gasteiger partial charge in [-0.05, 0) is 30.4 Å². The second-order valence-corrected chi connectivity index (χ2v) is 12.1. The lowest BCUT2D eigenvalue weighted by Crippen LogP contribution is -2.50. The van der Waals surface area contributed by atoms with Gasteiger partial charge in [-0.3, -0.25) is 14.4 Å². The van der Waals surface area contributed by atoms with Crippen LogP contribution < -0.4 is 5.32 Å². The smallest absolute Gasteiger partial charge is 0.243 e. The summed E-state index contributed by atoms with van der Waals surface area (Å²) in [4.78, 5) is 46.3. The molecule has 3 rings (SSSR count). The molecule has 0 spiro atoms. The summed E-state index contributed by atoms with van der Waals surface area (Å²) in [6, 6.07) is 6.97. The number of Topliss-reactive ketones (excluding diaryl/α,β-unsaturated/α-hetero) is 1. The van der Waals surface area contributed by atoms with Gasteiger partial charge in [-0.1, -0.05) is 58.9 Å². The molecular weight excluding hydrogens is 474 g/mol. The third-order valence-electron chi connectivity index (χ3n) is 7.03. The lowest BCUT2D eigenvalue weighted by molar-refractivity contribution is -0.146. The number of nitrogens with zero attached hydrogens (tertiary/aromatic N) is 2. The van der Waals surface area contributed by atoms with Gasteiger partial charge in [0, 0.05) is 31.2 Å². The van der Waals surface area contributed by atoms with E-state index in [2.05, 4.69) is 10.3 Å². The predicted octanol–water partition coefficient (Wildman–Crippen LogP) is 4.54. The number of likely N-dealkylation sites (tertiary alicyclic amines) is 1. The maximum Gasteiger partial charge on any atom is 0.243 e. The molecule has 1 aromatic carbocycles. The van der Waals surface area contributed by atoms with E-state index in [9.17, 15) is 19.5 Å². The zero-order valence-electron chi connectivity index (χ0n) is 22.4. The van der Waals surface area contributed by atoms with E-state index in [1.807, 2.05) is 78.2 Å². The van der Waals surface area contributed by atoms with E-state index in [0.29, 0.717) is 0 Å². The van der Waals surface area contributed by atoms with Crippen LogP contribution in [0.5, 0.6) is 0 Å². The summed E-state index contributed by atoms with van der Waals surface area (Å²) < 4.78 is 0. The quantitative estimate of drug-likeness (QED) is 0.540. The topological polar surface area (TPSA) is 99.6 Å². The van der Waals surface area contributed by atoms with Crippen molar-refractivity contribution in [2.75, 3.05) is 6.54 Å². The van der Waals surface area contributed by atoms with Crippen LogP contribution >= 0.6 is 11.3 Å². The minimum Gasteiger partial charge on any atom is -0.391 e. The van der Waals surface area contributed by atoms with Gasteiger partial charge in [0.2, 0.25) is 11.8 Å². The number of carbonyl (C=O) groups is 3. The van der Waals surface area contributed by atoms with Crippen molar-refractivity contribution in [3.8, 4) is 10.4 Å². The van der Waals surface area contributed by atoms with Gasteiger partial charge in [0.05, 0.1) is 28.2 Å². The van der Waals surface area contributed by atoms with Crippen molar-refractivity contribution in [3.63, 3.8) is 0 Å². The Morgan fingerprint density at radius 1 is 1.17 bits per heavy atom. The van der Waals surface area contributed by atoms with Gasteiger partial charge < -0.3 is 15.3 Å². The fourth-order valence-corrected chi connectivity index (χ4v) is 5.41. The standard InChI is InChI=1S/C28H39N3O4S/c1-16(2)24(33)13-22(28(5,6)7)27(35)31-14-21(32)12-23(31)26(34)30-17(3)19-8-10-20(11-9-19)25-18(4)29-15-36-25/h8-11,15-17,21-23,32H,12-14H2,1-7H3,(H,30,34)/t17-,21+,22+,23-/m0/s1. The zero-order chi connectivity index (χ0) is 26.8. The molecule has 36 heavy (non-hydrogen) atoms. The number of ketones is 1. The van der Waals surface area contributed by atoms with Crippen molar-refractivity contribution < 1.29 is 19.5 Å². The molecule has 1 aliphatic heterocycles. The number of amides is 2. The van der Waals surface area contributed by atoms with Gasteiger partial charge in [0.1, 0.15) is 11.8 Å². The number of aliphatic hydroxyl groups is 1. The number of thiazole rings is 1. The summed E-state index contributed by atoms with van der Waals surface area (Å²) >= 11 is 1.59. The summed E-state index contributed by atoms with van der Waals surface area (Å²) in [5.41, 5.74) is 4.38. The number of hydrogen-bond donors (Lipinski definition) is 2. The number of β-amino-alcohol motifs (C(OH)–C–C–N with tert-alkyl or cyclic N) is 1. The van der Waals surface area contributed by atoms with Gasteiger partial charge in [-0.2, -0.15) is 0 Å². The van der Waals surface area contributed by atoms with Crippen LogP contribution in [0.1, 0.15) is 71.7 Å². The first-order valence-corrected chi connectivity index (χ1v) is 13.5. The lowest BCUT2D eigenvalue weighted by atomic mass is 9.76. The first kappa shape index (κ1) is 28.0. The molecule has 1 fully saturated rings. The van der Waals surface area contributed by atoms with E-state index in [-0.39, 0.29) is 48.9 Å². The number of carbonyl (C=O) groups excluding carboxylic acids is 3. The molecule has 0 aliphatic carbocycles. The number of aromatic nitrogens is 1. The maximum absolute atomic E-state index is 13.6. The highest BCUT2D eigenvalue weighted by Crippen LogP contribution is 2.34. The Kier molecular flexibility index (Phi) is 8.72. The summed E-state index contributed by atoms with van der Waals surface area (Å²) in [5.74, 6) is -1.25. The minimum atomic E-state index is -0.775. The van der Waals surface area contributed by atoms with Crippen molar-refractivity contribution in [2.45, 2.75) is 79.5 Å². The molecule has 2 aromatic rings. The first-order chi connectivity index (χ1) is 16.8. The summed E-state index contributed by atoms with van der Waals surface area (Å²) in [7, 11) is 0. The molecular formula is C28H39N3O4S. The number of benzene rings is 1. The molecule has 0 unspecified atom stereocenters. The van der Waals surface area contributed by atoms with E-state index < -0.39 is 23.5 Å². The SMILES string of the molecule is Cc1ncsc1-c1ccc([C@H](C)NC(=O)[C@@H]2C[C@@H](O)CN2C(=O)[C@@H](CC(=O)C(C)C)C(C)(C)C)cc1. The molecule has 196 valence electrons. The van der Waals surface area contributed by atoms with Gasteiger partial charge in [0.25, 0.3) is 0 Å². The Morgan fingerprint density at radius 2 is 1.81 bits per heavy atom. The average molecular weight is 514 g/mol. The highest BCUT2D eigenvalue weighted by molar-refractivity contribution is 7.13. The molecule has 0 saturated carbocycles. The fourth-order valence-electron chi connectivity index (χ4n) is 4.60. The van der Waals surface area contributed by atoms with E-state index in [1.54, 1.807) is 11.3 Å². The molecule has 0 bridgehead atoms. The van der Waals surface area contributed by atoms with Gasteiger partial charge in [-0.15, -0.1) is 11.3 Å². The predicted molar refractivity (Wildman–Crippen MR) is 142 cm³/mol. The Balaban J connectivity index is 1.73. The molecule has 1 aliphatic rings. The normalized spacial score (nSPS) is 19.9. The molecule has 0 radical (unpaired) electrons. The Labute approximate surface area is 218 Å². The van der Waals surface area contributed by atoms with E-state index in [1.165, 1.54) is 4.90 Å². The van der Waals surface area contributed by atoms with Crippen LogP contribution in [0.15, 0.2) is 29.8 Å². The molecule has 1 saturated heterocycles. The van der Waals surface area contributed by atoms with Gasteiger partial charge >= 0.3 is 0 Å². The van der Waals surface area contributed by atoms with Crippen molar-refractivity contribution in [3.05, 3.63) is 41.0 Å². The van der Waals surface area contributed by atoms with Crippen LogP contribution in [0.3, 0.4) is 0 Å². The molecule has 4 atom stereocenters. The second-order valence-electron chi connectivity index (χ2n) is 11.3. The number of aryl methyl sites for hydroxylation is 1. The van der Waals surface area contributed by atoms with Gasteiger partial charge in [-0.25, -0.2) is 4.98 Å². The van der Waals surface area contributed by atoms with Crippen molar-refractivity contribution in [2.24, 2.45) is 17.3 Å². The highest BCUT2D eigenvalue weighted by Gasteiger charge is 2.44. The van der Waals surface area contributed by atoms with E-state index in [0.717, 1.165) is 21.7 Å². The Bertz CT molecular complexity index is 1090. The van der Waals surface area contributed by atoms with Crippen LogP contribution in [-0.4, -0.2) is 51.3 Å². The molecule has 2 heterocycles. The summed E-state index contributed by atoms with van der Waals surface area (Å²) in [6.45, 7) is 13.4. The number of nitrogens with one attached hydrogen (secondary N) is 1. The van der Waals surface area contributed by atoms with Crippen LogP contribution in [0.4, 0.5) is 0 Å². The maximum atomic E-state index is 13.6. The zero-order valence-corrected chi connectivity index (χ0v) is 23.2. The lowest BCUT2D eigenvalue weighted by Gasteiger charge is -2.35. The minimum absolute atomic E-state index is 0.0228. The van der Waals surface area contributed by atoms with E-state index >= 15 is 0 Å². The van der Waals surface area contributed by atoms with Crippen LogP contribution in [-0.2, 0) is 14.4 Å². The van der Waals surface area contributed by atoms with Crippen LogP contribution in [0.25, 0.3) is 10.4 Å².